The van der Waals surface area contributed by atoms with Crippen molar-refractivity contribution in [1.29, 1.82) is 0 Å². The zero-order valence-corrected chi connectivity index (χ0v) is 12.5. The Morgan fingerprint density at radius 3 is 2.27 bits per heavy atom. The van der Waals surface area contributed by atoms with E-state index in [9.17, 15) is 4.79 Å². The Hall–Kier alpha value is -2.33. The van der Waals surface area contributed by atoms with Crippen LogP contribution in [-0.2, 0) is 4.79 Å². The van der Waals surface area contributed by atoms with E-state index in [-0.39, 0.29) is 5.91 Å². The lowest BCUT2D eigenvalue weighted by atomic mass is 10.3. The van der Waals surface area contributed by atoms with E-state index < -0.39 is 0 Å². The summed E-state index contributed by atoms with van der Waals surface area (Å²) in [5.41, 5.74) is 0.809. The van der Waals surface area contributed by atoms with Crippen LogP contribution in [0.25, 0.3) is 0 Å². The molecule has 3 rings (SSSR count). The van der Waals surface area contributed by atoms with Gasteiger partial charge in [-0.15, -0.1) is 0 Å². The standard InChI is InChI=1S/C18H20N2O2/c21-18(14-20-12-4-5-13-20)19-15-8-10-17(11-9-15)22-16-6-2-1-3-7-16/h1-3,6-11H,4-5,12-14H2,(H,19,21)/p+1. The van der Waals surface area contributed by atoms with Gasteiger partial charge < -0.3 is 15.0 Å². The molecule has 22 heavy (non-hydrogen) atoms. The van der Waals surface area contributed by atoms with Gasteiger partial charge in [0, 0.05) is 18.5 Å². The molecule has 0 saturated carbocycles. The Kier molecular flexibility index (Phi) is 4.71. The normalized spacial score (nSPS) is 14.7. The number of quaternary nitrogens is 1. The van der Waals surface area contributed by atoms with Gasteiger partial charge in [-0.2, -0.15) is 0 Å². The van der Waals surface area contributed by atoms with Gasteiger partial charge in [0.25, 0.3) is 5.91 Å². The second-order valence-corrected chi connectivity index (χ2v) is 5.62. The Balaban J connectivity index is 1.53. The molecule has 0 atom stereocenters. The smallest absolute Gasteiger partial charge is 0.279 e. The van der Waals surface area contributed by atoms with Crippen molar-refractivity contribution in [2.45, 2.75) is 12.8 Å². The third-order valence-corrected chi connectivity index (χ3v) is 3.84. The zero-order chi connectivity index (χ0) is 15.2. The lowest BCUT2D eigenvalue weighted by Crippen LogP contribution is -3.11. The highest BCUT2D eigenvalue weighted by molar-refractivity contribution is 5.91. The molecule has 0 spiro atoms. The summed E-state index contributed by atoms with van der Waals surface area (Å²) in [5, 5.41) is 2.94. The first-order valence-corrected chi connectivity index (χ1v) is 7.76. The summed E-state index contributed by atoms with van der Waals surface area (Å²) in [6, 6.07) is 17.1. The van der Waals surface area contributed by atoms with Crippen molar-refractivity contribution in [3.8, 4) is 11.5 Å². The average Bonchev–Trinajstić information content (AvgIpc) is 3.03. The minimum absolute atomic E-state index is 0.0774. The fourth-order valence-electron chi connectivity index (χ4n) is 2.71. The number of carbonyl (C=O) groups is 1. The molecule has 114 valence electrons. The van der Waals surface area contributed by atoms with Crippen LogP contribution in [-0.4, -0.2) is 25.5 Å². The van der Waals surface area contributed by atoms with Gasteiger partial charge in [-0.05, 0) is 36.4 Å². The van der Waals surface area contributed by atoms with Gasteiger partial charge in [0.1, 0.15) is 11.5 Å². The van der Waals surface area contributed by atoms with Crippen molar-refractivity contribution in [3.05, 3.63) is 54.6 Å². The molecule has 1 aliphatic heterocycles. The van der Waals surface area contributed by atoms with Crippen LogP contribution in [0.5, 0.6) is 11.5 Å². The molecule has 0 bridgehead atoms. The Labute approximate surface area is 130 Å². The molecule has 1 saturated heterocycles. The van der Waals surface area contributed by atoms with Crippen LogP contribution in [0.15, 0.2) is 54.6 Å². The van der Waals surface area contributed by atoms with Crippen LogP contribution < -0.4 is 15.0 Å². The van der Waals surface area contributed by atoms with Crippen LogP contribution >= 0.6 is 0 Å². The van der Waals surface area contributed by atoms with E-state index in [1.54, 1.807) is 0 Å². The van der Waals surface area contributed by atoms with Crippen LogP contribution in [0, 0.1) is 0 Å². The minimum Gasteiger partial charge on any atom is -0.457 e. The van der Waals surface area contributed by atoms with E-state index in [0.29, 0.717) is 6.54 Å². The number of para-hydroxylation sites is 1. The number of amides is 1. The monoisotopic (exact) mass is 297 g/mol. The molecule has 4 nitrogen and oxygen atoms in total. The third-order valence-electron chi connectivity index (χ3n) is 3.84. The maximum absolute atomic E-state index is 12.0. The van der Waals surface area contributed by atoms with Gasteiger partial charge in [0.05, 0.1) is 13.1 Å². The number of anilines is 1. The lowest BCUT2D eigenvalue weighted by Gasteiger charge is -2.12. The molecular formula is C18H21N2O2+. The zero-order valence-electron chi connectivity index (χ0n) is 12.5. The predicted molar refractivity (Wildman–Crippen MR) is 86.4 cm³/mol. The molecule has 4 heteroatoms. The molecule has 0 aliphatic carbocycles. The molecule has 1 aliphatic rings. The highest BCUT2D eigenvalue weighted by Gasteiger charge is 2.18. The number of carbonyl (C=O) groups excluding carboxylic acids is 1. The fourth-order valence-corrected chi connectivity index (χ4v) is 2.71. The largest absolute Gasteiger partial charge is 0.457 e. The van der Waals surface area contributed by atoms with Crippen molar-refractivity contribution >= 4 is 11.6 Å². The summed E-state index contributed by atoms with van der Waals surface area (Å²) < 4.78 is 5.73. The second kappa shape index (κ2) is 7.09. The number of hydrogen-bond acceptors (Lipinski definition) is 2. The molecule has 0 aromatic heterocycles. The number of hydrogen-bond donors (Lipinski definition) is 2. The van der Waals surface area contributed by atoms with Crippen molar-refractivity contribution in [2.24, 2.45) is 0 Å². The number of rotatable bonds is 5. The van der Waals surface area contributed by atoms with Gasteiger partial charge in [-0.1, -0.05) is 18.2 Å². The Bertz CT molecular complexity index is 605. The van der Waals surface area contributed by atoms with E-state index in [1.807, 2.05) is 54.6 Å². The van der Waals surface area contributed by atoms with E-state index in [1.165, 1.54) is 17.7 Å². The van der Waals surface area contributed by atoms with Crippen molar-refractivity contribution < 1.29 is 14.4 Å². The summed E-state index contributed by atoms with van der Waals surface area (Å²) in [6.07, 6.45) is 2.46. The topological polar surface area (TPSA) is 42.8 Å². The van der Waals surface area contributed by atoms with Gasteiger partial charge in [-0.25, -0.2) is 0 Å². The Morgan fingerprint density at radius 2 is 1.59 bits per heavy atom. The van der Waals surface area contributed by atoms with E-state index >= 15 is 0 Å². The first-order chi connectivity index (χ1) is 10.8. The molecule has 1 heterocycles. The highest BCUT2D eigenvalue weighted by Crippen LogP contribution is 2.22. The van der Waals surface area contributed by atoms with Gasteiger partial charge >= 0.3 is 0 Å². The highest BCUT2D eigenvalue weighted by atomic mass is 16.5. The van der Waals surface area contributed by atoms with E-state index in [4.69, 9.17) is 4.74 Å². The first kappa shape index (κ1) is 14.6. The summed E-state index contributed by atoms with van der Waals surface area (Å²) in [7, 11) is 0. The quantitative estimate of drug-likeness (QED) is 0.887. The third kappa shape index (κ3) is 4.09. The number of likely N-dealkylation sites (tertiary alicyclic amines) is 1. The van der Waals surface area contributed by atoms with Gasteiger partial charge in [0.15, 0.2) is 6.54 Å². The van der Waals surface area contributed by atoms with E-state index in [2.05, 4.69) is 5.32 Å². The minimum atomic E-state index is 0.0774. The molecule has 1 amide bonds. The van der Waals surface area contributed by atoms with Crippen LogP contribution in [0.2, 0.25) is 0 Å². The Morgan fingerprint density at radius 1 is 0.955 bits per heavy atom. The average molecular weight is 297 g/mol. The molecule has 2 aromatic rings. The van der Waals surface area contributed by atoms with Crippen LogP contribution in [0.4, 0.5) is 5.69 Å². The summed E-state index contributed by atoms with van der Waals surface area (Å²) in [6.45, 7) is 2.77. The predicted octanol–water partition coefficient (Wildman–Crippen LogP) is 2.10. The maximum atomic E-state index is 12.0. The van der Waals surface area contributed by atoms with E-state index in [0.717, 1.165) is 30.3 Å². The first-order valence-electron chi connectivity index (χ1n) is 7.76. The number of ether oxygens (including phenoxy) is 1. The van der Waals surface area contributed by atoms with Crippen molar-refractivity contribution in [1.82, 2.24) is 0 Å². The lowest BCUT2D eigenvalue weighted by molar-refractivity contribution is -0.878. The molecule has 0 radical (unpaired) electrons. The molecule has 1 fully saturated rings. The van der Waals surface area contributed by atoms with Crippen LogP contribution in [0.1, 0.15) is 12.8 Å². The molecular weight excluding hydrogens is 276 g/mol. The maximum Gasteiger partial charge on any atom is 0.279 e. The molecule has 2 N–H and O–H groups in total. The number of benzene rings is 2. The summed E-state index contributed by atoms with van der Waals surface area (Å²) >= 11 is 0. The number of nitrogens with one attached hydrogen (secondary N) is 2. The van der Waals surface area contributed by atoms with Gasteiger partial charge in [0.2, 0.25) is 0 Å². The molecule has 0 unspecified atom stereocenters. The van der Waals surface area contributed by atoms with Gasteiger partial charge in [-0.3, -0.25) is 4.79 Å². The second-order valence-electron chi connectivity index (χ2n) is 5.62. The summed E-state index contributed by atoms with van der Waals surface area (Å²) in [5.74, 6) is 1.64. The molecule has 2 aromatic carbocycles. The van der Waals surface area contributed by atoms with Crippen LogP contribution in [0.3, 0.4) is 0 Å². The fraction of sp³-hybridized carbons (Fsp3) is 0.278. The van der Waals surface area contributed by atoms with Crippen molar-refractivity contribution in [2.75, 3.05) is 25.0 Å². The van der Waals surface area contributed by atoms with Crippen molar-refractivity contribution in [3.63, 3.8) is 0 Å². The SMILES string of the molecule is O=C(C[NH+]1CCCC1)Nc1ccc(Oc2ccccc2)cc1. The summed E-state index contributed by atoms with van der Waals surface area (Å²) in [4.78, 5) is 13.4.